The summed E-state index contributed by atoms with van der Waals surface area (Å²) in [4.78, 5) is 17.4. The summed E-state index contributed by atoms with van der Waals surface area (Å²) in [6, 6.07) is 13.9. The number of oxazole rings is 1. The molecule has 0 bridgehead atoms. The maximum Gasteiger partial charge on any atom is 0.255 e. The summed E-state index contributed by atoms with van der Waals surface area (Å²) in [6.07, 6.45) is 0. The fraction of sp³-hybridized carbons (Fsp3) is 0.200. The third kappa shape index (κ3) is 3.92. The molecule has 0 spiro atoms. The fourth-order valence-electron chi connectivity index (χ4n) is 3.72. The number of hydrogen-bond acceptors (Lipinski definition) is 8. The summed E-state index contributed by atoms with van der Waals surface area (Å²) in [5.41, 5.74) is 2.86. The van der Waals surface area contributed by atoms with Gasteiger partial charge in [0, 0.05) is 16.8 Å². The molecule has 1 aromatic heterocycles. The zero-order valence-corrected chi connectivity index (χ0v) is 18.8. The van der Waals surface area contributed by atoms with Crippen LogP contribution in [-0.2, 0) is 0 Å². The first-order valence-electron chi connectivity index (χ1n) is 10.5. The van der Waals surface area contributed by atoms with Gasteiger partial charge in [-0.15, -0.1) is 0 Å². The SMILES string of the molecule is COc1cc(-c2nc3cc(NC(=O)c4ccc5c(c4)OCCO5)ccc3o2)cc(OC)c1OC. The number of nitrogens with zero attached hydrogens (tertiary/aromatic N) is 1. The normalized spacial score (nSPS) is 12.3. The van der Waals surface area contributed by atoms with Crippen molar-refractivity contribution in [3.8, 4) is 40.2 Å². The molecule has 0 aliphatic carbocycles. The Labute approximate surface area is 195 Å². The lowest BCUT2D eigenvalue weighted by atomic mass is 10.1. The molecule has 174 valence electrons. The second kappa shape index (κ2) is 8.86. The second-order valence-electron chi connectivity index (χ2n) is 7.43. The average Bonchev–Trinajstić information content (AvgIpc) is 3.31. The van der Waals surface area contributed by atoms with Crippen LogP contribution in [0.5, 0.6) is 28.7 Å². The summed E-state index contributed by atoms with van der Waals surface area (Å²) in [6.45, 7) is 0.948. The van der Waals surface area contributed by atoms with Gasteiger partial charge in [-0.05, 0) is 48.5 Å². The Morgan fingerprint density at radius 1 is 0.882 bits per heavy atom. The predicted octanol–water partition coefficient (Wildman–Crippen LogP) is 4.54. The summed E-state index contributed by atoms with van der Waals surface area (Å²) in [5, 5.41) is 2.88. The zero-order chi connectivity index (χ0) is 23.7. The van der Waals surface area contributed by atoms with Gasteiger partial charge in [0.2, 0.25) is 11.6 Å². The third-order valence-electron chi connectivity index (χ3n) is 5.36. The molecule has 1 N–H and O–H groups in total. The molecular formula is C25H22N2O7. The molecule has 1 aliphatic heterocycles. The standard InChI is InChI=1S/C25H22N2O7/c1-29-21-11-15(12-22(30-2)23(21)31-3)25-27-17-13-16(5-7-18(17)34-25)26-24(28)14-4-6-19-20(10-14)33-9-8-32-19/h4-7,10-13H,8-9H2,1-3H3,(H,26,28). The average molecular weight is 462 g/mol. The van der Waals surface area contributed by atoms with Crippen molar-refractivity contribution in [1.29, 1.82) is 0 Å². The van der Waals surface area contributed by atoms with Gasteiger partial charge in [-0.1, -0.05) is 0 Å². The van der Waals surface area contributed by atoms with Crippen LogP contribution in [0.1, 0.15) is 10.4 Å². The quantitative estimate of drug-likeness (QED) is 0.446. The molecule has 2 heterocycles. The van der Waals surface area contributed by atoms with Crippen LogP contribution in [0.4, 0.5) is 5.69 Å². The Morgan fingerprint density at radius 3 is 2.32 bits per heavy atom. The monoisotopic (exact) mass is 462 g/mol. The molecule has 0 saturated heterocycles. The Balaban J connectivity index is 1.42. The summed E-state index contributed by atoms with van der Waals surface area (Å²) >= 11 is 0. The zero-order valence-electron chi connectivity index (χ0n) is 18.8. The minimum atomic E-state index is -0.273. The smallest absolute Gasteiger partial charge is 0.255 e. The maximum atomic E-state index is 12.8. The van der Waals surface area contributed by atoms with Crippen LogP contribution < -0.4 is 29.0 Å². The van der Waals surface area contributed by atoms with E-state index in [0.29, 0.717) is 75.8 Å². The van der Waals surface area contributed by atoms with Crippen molar-refractivity contribution in [2.75, 3.05) is 39.9 Å². The van der Waals surface area contributed by atoms with Gasteiger partial charge in [0.15, 0.2) is 28.6 Å². The minimum Gasteiger partial charge on any atom is -0.493 e. The largest absolute Gasteiger partial charge is 0.493 e. The number of methoxy groups -OCH3 is 3. The van der Waals surface area contributed by atoms with Crippen LogP contribution in [0.2, 0.25) is 0 Å². The number of anilines is 1. The van der Waals surface area contributed by atoms with Crippen LogP contribution in [0.3, 0.4) is 0 Å². The molecule has 9 heteroatoms. The number of fused-ring (bicyclic) bond motifs is 2. The number of ether oxygens (including phenoxy) is 5. The van der Waals surface area contributed by atoms with Crippen molar-refractivity contribution < 1.29 is 32.9 Å². The molecule has 3 aromatic carbocycles. The highest BCUT2D eigenvalue weighted by Crippen LogP contribution is 2.41. The van der Waals surface area contributed by atoms with Gasteiger partial charge in [0.25, 0.3) is 5.91 Å². The number of benzene rings is 3. The van der Waals surface area contributed by atoms with Crippen LogP contribution in [0.25, 0.3) is 22.6 Å². The van der Waals surface area contributed by atoms with E-state index in [1.54, 1.807) is 69.9 Å². The van der Waals surface area contributed by atoms with Gasteiger partial charge in [0.05, 0.1) is 21.3 Å². The van der Waals surface area contributed by atoms with E-state index < -0.39 is 0 Å². The molecule has 0 fully saturated rings. The van der Waals surface area contributed by atoms with Crippen molar-refractivity contribution in [2.45, 2.75) is 0 Å². The second-order valence-corrected chi connectivity index (χ2v) is 7.43. The number of carbonyl (C=O) groups is 1. The Hall–Kier alpha value is -4.40. The highest BCUT2D eigenvalue weighted by molar-refractivity contribution is 6.05. The molecule has 34 heavy (non-hydrogen) atoms. The van der Waals surface area contributed by atoms with E-state index in [0.717, 1.165) is 0 Å². The molecule has 0 unspecified atom stereocenters. The molecule has 1 aliphatic rings. The molecule has 0 atom stereocenters. The van der Waals surface area contributed by atoms with Crippen molar-refractivity contribution >= 4 is 22.7 Å². The molecule has 9 nitrogen and oxygen atoms in total. The number of nitrogens with one attached hydrogen (secondary N) is 1. The van der Waals surface area contributed by atoms with Crippen molar-refractivity contribution in [2.24, 2.45) is 0 Å². The first kappa shape index (κ1) is 21.4. The number of rotatable bonds is 6. The first-order chi connectivity index (χ1) is 16.6. The van der Waals surface area contributed by atoms with E-state index in [4.69, 9.17) is 28.1 Å². The molecule has 4 aromatic rings. The number of hydrogen-bond donors (Lipinski definition) is 1. The topological polar surface area (TPSA) is 101 Å². The van der Waals surface area contributed by atoms with Crippen LogP contribution in [0.15, 0.2) is 52.9 Å². The van der Waals surface area contributed by atoms with E-state index in [2.05, 4.69) is 10.3 Å². The predicted molar refractivity (Wildman–Crippen MR) is 124 cm³/mol. The molecule has 0 saturated carbocycles. The highest BCUT2D eigenvalue weighted by Gasteiger charge is 2.18. The van der Waals surface area contributed by atoms with Crippen LogP contribution in [0, 0.1) is 0 Å². The number of carbonyl (C=O) groups excluding carboxylic acids is 1. The van der Waals surface area contributed by atoms with Gasteiger partial charge in [-0.3, -0.25) is 4.79 Å². The van der Waals surface area contributed by atoms with E-state index in [-0.39, 0.29) is 5.91 Å². The van der Waals surface area contributed by atoms with Crippen molar-refractivity contribution in [1.82, 2.24) is 4.98 Å². The summed E-state index contributed by atoms with van der Waals surface area (Å²) < 4.78 is 33.2. The Kier molecular flexibility index (Phi) is 5.59. The summed E-state index contributed by atoms with van der Waals surface area (Å²) in [5.74, 6) is 2.76. The van der Waals surface area contributed by atoms with E-state index in [1.165, 1.54) is 0 Å². The lowest BCUT2D eigenvalue weighted by molar-refractivity contribution is 0.102. The van der Waals surface area contributed by atoms with E-state index in [1.807, 2.05) is 0 Å². The van der Waals surface area contributed by atoms with Gasteiger partial charge < -0.3 is 33.4 Å². The van der Waals surface area contributed by atoms with E-state index >= 15 is 0 Å². The van der Waals surface area contributed by atoms with Crippen molar-refractivity contribution in [3.63, 3.8) is 0 Å². The first-order valence-corrected chi connectivity index (χ1v) is 10.5. The molecule has 5 rings (SSSR count). The summed E-state index contributed by atoms with van der Waals surface area (Å²) in [7, 11) is 4.63. The minimum absolute atomic E-state index is 0.273. The number of amides is 1. The van der Waals surface area contributed by atoms with E-state index in [9.17, 15) is 4.79 Å². The Morgan fingerprint density at radius 2 is 1.62 bits per heavy atom. The van der Waals surface area contributed by atoms with Crippen LogP contribution in [-0.4, -0.2) is 45.4 Å². The molecule has 1 amide bonds. The highest BCUT2D eigenvalue weighted by atomic mass is 16.6. The third-order valence-corrected chi connectivity index (χ3v) is 5.36. The van der Waals surface area contributed by atoms with Gasteiger partial charge in [-0.25, -0.2) is 4.98 Å². The van der Waals surface area contributed by atoms with Gasteiger partial charge in [0.1, 0.15) is 18.7 Å². The molecule has 0 radical (unpaired) electrons. The van der Waals surface area contributed by atoms with Crippen LogP contribution >= 0.6 is 0 Å². The lowest BCUT2D eigenvalue weighted by Gasteiger charge is -2.18. The van der Waals surface area contributed by atoms with Gasteiger partial charge >= 0.3 is 0 Å². The lowest BCUT2D eigenvalue weighted by Crippen LogP contribution is -2.17. The maximum absolute atomic E-state index is 12.8. The van der Waals surface area contributed by atoms with Gasteiger partial charge in [-0.2, -0.15) is 0 Å². The molecular weight excluding hydrogens is 440 g/mol. The van der Waals surface area contributed by atoms with Crippen molar-refractivity contribution in [3.05, 3.63) is 54.1 Å². The fourth-order valence-corrected chi connectivity index (χ4v) is 3.72. The number of aromatic nitrogens is 1. The Bertz CT molecular complexity index is 1350.